The molecular weight excluding hydrogens is 241 g/mol. The summed E-state index contributed by atoms with van der Waals surface area (Å²) in [7, 11) is 0. The van der Waals surface area contributed by atoms with E-state index in [4.69, 9.17) is 5.11 Å². The van der Waals surface area contributed by atoms with Crippen molar-refractivity contribution in [1.82, 2.24) is 0 Å². The number of aliphatic carboxylic acids is 1. The molecule has 1 aromatic rings. The number of rotatable bonds is 1. The fourth-order valence-electron chi connectivity index (χ4n) is 1.56. The Morgan fingerprint density at radius 3 is 2.69 bits per heavy atom. The third-order valence-corrected chi connectivity index (χ3v) is 3.64. The van der Waals surface area contributed by atoms with Gasteiger partial charge in [-0.3, -0.25) is 4.79 Å². The van der Waals surface area contributed by atoms with Gasteiger partial charge in [-0.15, -0.1) is 11.8 Å². The number of hydrogen-bond donors (Lipinski definition) is 1. The number of halogens is 3. The first kappa shape index (κ1) is 11.3. The maximum absolute atomic E-state index is 12.4. The zero-order valence-electron chi connectivity index (χ0n) is 7.91. The minimum absolute atomic E-state index is 0.152. The van der Waals surface area contributed by atoms with Gasteiger partial charge in [0.25, 0.3) is 0 Å². The molecule has 0 saturated carbocycles. The fourth-order valence-corrected chi connectivity index (χ4v) is 2.67. The van der Waals surface area contributed by atoms with Gasteiger partial charge in [-0.25, -0.2) is 0 Å². The number of carbonyl (C=O) groups is 1. The maximum Gasteiger partial charge on any atom is 0.416 e. The first-order valence-electron chi connectivity index (χ1n) is 4.47. The average molecular weight is 248 g/mol. The Bertz CT molecular complexity index is 442. The van der Waals surface area contributed by atoms with Crippen LogP contribution in [0.4, 0.5) is 13.2 Å². The molecule has 0 bridgehead atoms. The van der Waals surface area contributed by atoms with Crippen LogP contribution >= 0.6 is 11.8 Å². The van der Waals surface area contributed by atoms with Crippen LogP contribution in [-0.2, 0) is 17.4 Å². The van der Waals surface area contributed by atoms with Gasteiger partial charge in [0.2, 0.25) is 0 Å². The molecule has 0 fully saturated rings. The lowest BCUT2D eigenvalue weighted by atomic mass is 10.1. The van der Waals surface area contributed by atoms with Crippen molar-refractivity contribution in [1.29, 1.82) is 0 Å². The monoisotopic (exact) mass is 248 g/mol. The fraction of sp³-hybridized carbons (Fsp3) is 0.300. The molecule has 1 aliphatic heterocycles. The van der Waals surface area contributed by atoms with Crippen LogP contribution in [0.25, 0.3) is 0 Å². The average Bonchev–Trinajstić information content (AvgIpc) is 2.58. The van der Waals surface area contributed by atoms with E-state index in [2.05, 4.69) is 0 Å². The summed E-state index contributed by atoms with van der Waals surface area (Å²) < 4.78 is 37.2. The molecular formula is C10H7F3O2S. The van der Waals surface area contributed by atoms with Crippen molar-refractivity contribution in [2.75, 3.05) is 0 Å². The van der Waals surface area contributed by atoms with E-state index in [9.17, 15) is 18.0 Å². The summed E-state index contributed by atoms with van der Waals surface area (Å²) in [6, 6.07) is 3.35. The molecule has 86 valence electrons. The summed E-state index contributed by atoms with van der Waals surface area (Å²) in [6.07, 6.45) is -4.22. The molecule has 16 heavy (non-hydrogen) atoms. The predicted octanol–water partition coefficient (Wildman–Crippen LogP) is 2.81. The molecule has 0 aliphatic carbocycles. The normalized spacial score (nSPS) is 19.6. The first-order valence-corrected chi connectivity index (χ1v) is 5.35. The van der Waals surface area contributed by atoms with Gasteiger partial charge in [0.1, 0.15) is 5.25 Å². The van der Waals surface area contributed by atoms with Crippen molar-refractivity contribution in [3.63, 3.8) is 0 Å². The molecule has 1 atom stereocenters. The third-order valence-electron chi connectivity index (χ3n) is 2.34. The van der Waals surface area contributed by atoms with E-state index in [1.807, 2.05) is 0 Å². The maximum atomic E-state index is 12.4. The highest BCUT2D eigenvalue weighted by Crippen LogP contribution is 2.40. The van der Waals surface area contributed by atoms with Crippen LogP contribution in [0.1, 0.15) is 11.1 Å². The Balaban J connectivity index is 2.31. The SMILES string of the molecule is O=C(O)[C@H]1Cc2cc(C(F)(F)F)ccc2S1. The molecule has 0 radical (unpaired) electrons. The highest BCUT2D eigenvalue weighted by atomic mass is 32.2. The lowest BCUT2D eigenvalue weighted by Crippen LogP contribution is -2.14. The van der Waals surface area contributed by atoms with E-state index in [1.54, 1.807) is 0 Å². The summed E-state index contributed by atoms with van der Waals surface area (Å²) in [5.74, 6) is -0.991. The Labute approximate surface area is 93.5 Å². The van der Waals surface area contributed by atoms with Crippen LogP contribution in [0.5, 0.6) is 0 Å². The number of alkyl halides is 3. The summed E-state index contributed by atoms with van der Waals surface area (Å²) in [5, 5.41) is 8.10. The van der Waals surface area contributed by atoms with Gasteiger partial charge in [0.05, 0.1) is 5.56 Å². The Kier molecular flexibility index (Phi) is 2.61. The number of hydrogen-bond acceptors (Lipinski definition) is 2. The summed E-state index contributed by atoms with van der Waals surface area (Å²) in [4.78, 5) is 11.3. The number of carboxylic acid groups (broad SMARTS) is 1. The van der Waals surface area contributed by atoms with Crippen molar-refractivity contribution >= 4 is 17.7 Å². The second-order valence-electron chi connectivity index (χ2n) is 3.47. The molecule has 0 saturated heterocycles. The van der Waals surface area contributed by atoms with Crippen molar-refractivity contribution in [3.8, 4) is 0 Å². The van der Waals surface area contributed by atoms with Gasteiger partial charge in [-0.1, -0.05) is 0 Å². The van der Waals surface area contributed by atoms with E-state index in [-0.39, 0.29) is 6.42 Å². The summed E-state index contributed by atoms with van der Waals surface area (Å²) >= 11 is 1.10. The van der Waals surface area contributed by atoms with Crippen LogP contribution in [0.2, 0.25) is 0 Å². The summed E-state index contributed by atoms with van der Waals surface area (Å²) in [5.41, 5.74) is -0.259. The number of benzene rings is 1. The van der Waals surface area contributed by atoms with Crippen LogP contribution in [0, 0.1) is 0 Å². The molecule has 0 amide bonds. The highest BCUT2D eigenvalue weighted by Gasteiger charge is 2.34. The molecule has 1 aliphatic rings. The predicted molar refractivity (Wildman–Crippen MR) is 52.4 cm³/mol. The Hall–Kier alpha value is -1.17. The van der Waals surface area contributed by atoms with Crippen molar-refractivity contribution in [2.24, 2.45) is 0 Å². The van der Waals surface area contributed by atoms with Gasteiger partial charge in [0.15, 0.2) is 0 Å². The Morgan fingerprint density at radius 2 is 2.12 bits per heavy atom. The van der Waals surface area contributed by atoms with E-state index in [0.29, 0.717) is 10.5 Å². The number of fused-ring (bicyclic) bond motifs is 1. The largest absolute Gasteiger partial charge is 0.480 e. The quantitative estimate of drug-likeness (QED) is 0.830. The smallest absolute Gasteiger partial charge is 0.416 e. The van der Waals surface area contributed by atoms with E-state index >= 15 is 0 Å². The zero-order chi connectivity index (χ0) is 11.9. The van der Waals surface area contributed by atoms with E-state index < -0.39 is 23.0 Å². The zero-order valence-corrected chi connectivity index (χ0v) is 8.73. The van der Waals surface area contributed by atoms with Crippen molar-refractivity contribution < 1.29 is 23.1 Å². The second kappa shape index (κ2) is 3.69. The van der Waals surface area contributed by atoms with Crippen LogP contribution in [0.3, 0.4) is 0 Å². The van der Waals surface area contributed by atoms with E-state index in [0.717, 1.165) is 23.9 Å². The van der Waals surface area contributed by atoms with Gasteiger partial charge in [0, 0.05) is 4.90 Å². The first-order chi connectivity index (χ1) is 7.38. The molecule has 0 aromatic heterocycles. The number of thioether (sulfide) groups is 1. The molecule has 1 aromatic carbocycles. The standard InChI is InChI=1S/C10H7F3O2S/c11-10(12,13)6-1-2-7-5(3-6)4-8(16-7)9(14)15/h1-3,8H,4H2,(H,14,15)/t8-/m1/s1. The van der Waals surface area contributed by atoms with Crippen molar-refractivity contribution in [3.05, 3.63) is 29.3 Å². The third kappa shape index (κ3) is 2.02. The van der Waals surface area contributed by atoms with Gasteiger partial charge >= 0.3 is 12.1 Å². The minimum atomic E-state index is -4.37. The molecule has 0 unspecified atom stereocenters. The molecule has 1 N–H and O–H groups in total. The van der Waals surface area contributed by atoms with E-state index in [1.165, 1.54) is 6.07 Å². The minimum Gasteiger partial charge on any atom is -0.480 e. The van der Waals surface area contributed by atoms with Gasteiger partial charge in [-0.05, 0) is 30.2 Å². The van der Waals surface area contributed by atoms with Crippen molar-refractivity contribution in [2.45, 2.75) is 22.7 Å². The second-order valence-corrected chi connectivity index (χ2v) is 4.71. The lowest BCUT2D eigenvalue weighted by molar-refractivity contribution is -0.137. The number of carboxylic acids is 1. The Morgan fingerprint density at radius 1 is 1.44 bits per heavy atom. The van der Waals surface area contributed by atoms with Crippen LogP contribution in [0.15, 0.2) is 23.1 Å². The molecule has 2 rings (SSSR count). The molecule has 1 heterocycles. The van der Waals surface area contributed by atoms with Crippen LogP contribution in [-0.4, -0.2) is 16.3 Å². The van der Waals surface area contributed by atoms with Gasteiger partial charge < -0.3 is 5.11 Å². The van der Waals surface area contributed by atoms with Gasteiger partial charge in [-0.2, -0.15) is 13.2 Å². The van der Waals surface area contributed by atoms with Crippen LogP contribution < -0.4 is 0 Å². The molecule has 6 heteroatoms. The molecule has 0 spiro atoms. The summed E-state index contributed by atoms with van der Waals surface area (Å²) in [6.45, 7) is 0. The lowest BCUT2D eigenvalue weighted by Gasteiger charge is -2.07. The topological polar surface area (TPSA) is 37.3 Å². The highest BCUT2D eigenvalue weighted by molar-refractivity contribution is 8.01. The molecule has 2 nitrogen and oxygen atoms in total.